The quantitative estimate of drug-likeness (QED) is 0.587. The zero-order chi connectivity index (χ0) is 22.1. The van der Waals surface area contributed by atoms with Gasteiger partial charge in [-0.25, -0.2) is 19.9 Å². The number of nitrogens with two attached hydrogens (primary N) is 1. The summed E-state index contributed by atoms with van der Waals surface area (Å²) in [7, 11) is 0. The van der Waals surface area contributed by atoms with Crippen molar-refractivity contribution in [1.82, 2.24) is 30.2 Å². The number of aromatic nitrogens is 4. The van der Waals surface area contributed by atoms with Gasteiger partial charge in [0.05, 0.1) is 29.0 Å². The van der Waals surface area contributed by atoms with Crippen LogP contribution in [0.3, 0.4) is 0 Å². The van der Waals surface area contributed by atoms with Crippen LogP contribution in [0.5, 0.6) is 0 Å². The number of thiophene rings is 1. The average Bonchev–Trinajstić information content (AvgIpc) is 3.40. The summed E-state index contributed by atoms with van der Waals surface area (Å²) in [5, 5.41) is 3.03. The lowest BCUT2D eigenvalue weighted by Gasteiger charge is -2.28. The fourth-order valence-corrected chi connectivity index (χ4v) is 5.37. The Balaban J connectivity index is 1.46. The van der Waals surface area contributed by atoms with E-state index in [1.54, 1.807) is 30.7 Å². The topological polar surface area (TPSA) is 122 Å². The third-order valence-corrected chi connectivity index (χ3v) is 6.81. The molecule has 3 aromatic rings. The molecule has 0 bridgehead atoms. The number of anilines is 2. The molecule has 5 rings (SSSR count). The highest BCUT2D eigenvalue weighted by molar-refractivity contribution is 7.19. The van der Waals surface area contributed by atoms with Gasteiger partial charge in [-0.2, -0.15) is 0 Å². The summed E-state index contributed by atoms with van der Waals surface area (Å²) in [4.78, 5) is 35.2. The Labute approximate surface area is 189 Å². The zero-order valence-electron chi connectivity index (χ0n) is 18.0. The van der Waals surface area contributed by atoms with Crippen LogP contribution in [0.25, 0.3) is 21.6 Å². The molecule has 2 aliphatic rings. The first-order chi connectivity index (χ1) is 15.5. The largest absolute Gasteiger partial charge is 0.378 e. The van der Waals surface area contributed by atoms with Gasteiger partial charge in [-0.3, -0.25) is 9.69 Å². The normalized spacial score (nSPS) is 19.5. The van der Waals surface area contributed by atoms with E-state index in [1.807, 2.05) is 0 Å². The van der Waals surface area contributed by atoms with Crippen molar-refractivity contribution < 1.29 is 9.53 Å². The van der Waals surface area contributed by atoms with Crippen molar-refractivity contribution in [2.75, 3.05) is 50.0 Å². The van der Waals surface area contributed by atoms with Gasteiger partial charge in [-0.1, -0.05) is 0 Å². The van der Waals surface area contributed by atoms with Crippen LogP contribution in [0.15, 0.2) is 18.5 Å². The van der Waals surface area contributed by atoms with Crippen LogP contribution >= 0.6 is 11.3 Å². The Morgan fingerprint density at radius 1 is 1.25 bits per heavy atom. The van der Waals surface area contributed by atoms with E-state index in [1.165, 1.54) is 4.88 Å². The first-order valence-corrected chi connectivity index (χ1v) is 11.6. The van der Waals surface area contributed by atoms with E-state index < -0.39 is 0 Å². The number of morpholine rings is 1. The third-order valence-electron chi connectivity index (χ3n) is 5.70. The van der Waals surface area contributed by atoms with Gasteiger partial charge in [0.15, 0.2) is 11.6 Å². The van der Waals surface area contributed by atoms with Crippen LogP contribution in [-0.2, 0) is 16.1 Å². The maximum atomic E-state index is 11.4. The van der Waals surface area contributed by atoms with Gasteiger partial charge < -0.3 is 20.7 Å². The second-order valence-corrected chi connectivity index (χ2v) is 9.29. The van der Waals surface area contributed by atoms with Crippen molar-refractivity contribution in [1.29, 1.82) is 0 Å². The SMILES string of the molecule is CC(=O)N[C@H]1CCN(Cc2cc3nc(-c4cnc(N)nc4)nc(N4CCOCC4)c3s2)C1. The second-order valence-electron chi connectivity index (χ2n) is 8.15. The van der Waals surface area contributed by atoms with Crippen molar-refractivity contribution in [2.45, 2.75) is 25.9 Å². The number of hydrogen-bond donors (Lipinski definition) is 2. The molecule has 32 heavy (non-hydrogen) atoms. The summed E-state index contributed by atoms with van der Waals surface area (Å²) in [6, 6.07) is 2.38. The number of nitrogen functional groups attached to an aromatic ring is 1. The molecule has 0 spiro atoms. The van der Waals surface area contributed by atoms with Gasteiger partial charge in [0.25, 0.3) is 0 Å². The highest BCUT2D eigenvalue weighted by atomic mass is 32.1. The Bertz CT molecular complexity index is 1110. The third kappa shape index (κ3) is 4.50. The van der Waals surface area contributed by atoms with Crippen LogP contribution < -0.4 is 16.0 Å². The molecule has 5 heterocycles. The van der Waals surface area contributed by atoms with Crippen molar-refractivity contribution in [3.8, 4) is 11.4 Å². The zero-order valence-corrected chi connectivity index (χ0v) is 18.8. The number of amides is 1. The molecular formula is C21H26N8O2S. The van der Waals surface area contributed by atoms with Crippen LogP contribution in [0, 0.1) is 0 Å². The van der Waals surface area contributed by atoms with Gasteiger partial charge in [-0.05, 0) is 12.5 Å². The van der Waals surface area contributed by atoms with Gasteiger partial charge in [0, 0.05) is 63.0 Å². The molecule has 3 aromatic heterocycles. The molecule has 2 aliphatic heterocycles. The molecule has 11 heteroatoms. The molecular weight excluding hydrogens is 428 g/mol. The first kappa shape index (κ1) is 21.0. The molecule has 1 amide bonds. The minimum atomic E-state index is 0.0308. The van der Waals surface area contributed by atoms with Crippen molar-refractivity contribution in [3.05, 3.63) is 23.3 Å². The van der Waals surface area contributed by atoms with E-state index in [0.29, 0.717) is 19.0 Å². The van der Waals surface area contributed by atoms with Gasteiger partial charge in [0.2, 0.25) is 11.9 Å². The summed E-state index contributed by atoms with van der Waals surface area (Å²) in [6.45, 7) is 7.19. The number of ether oxygens (including phenoxy) is 1. The van der Waals surface area contributed by atoms with Gasteiger partial charge in [0.1, 0.15) is 0 Å². The van der Waals surface area contributed by atoms with Crippen molar-refractivity contribution in [3.63, 3.8) is 0 Å². The summed E-state index contributed by atoms with van der Waals surface area (Å²) in [6.07, 6.45) is 4.29. The summed E-state index contributed by atoms with van der Waals surface area (Å²) >= 11 is 1.74. The molecule has 2 saturated heterocycles. The average molecular weight is 455 g/mol. The number of rotatable bonds is 5. The maximum absolute atomic E-state index is 11.4. The summed E-state index contributed by atoms with van der Waals surface area (Å²) in [5.74, 6) is 1.78. The van der Waals surface area contributed by atoms with E-state index in [4.69, 9.17) is 20.4 Å². The molecule has 168 valence electrons. The lowest BCUT2D eigenvalue weighted by molar-refractivity contribution is -0.119. The highest BCUT2D eigenvalue weighted by Crippen LogP contribution is 2.35. The van der Waals surface area contributed by atoms with Crippen LogP contribution in [0.2, 0.25) is 0 Å². The number of likely N-dealkylation sites (tertiary alicyclic amines) is 1. The molecule has 0 aromatic carbocycles. The van der Waals surface area contributed by atoms with E-state index >= 15 is 0 Å². The Kier molecular flexibility index (Phi) is 5.85. The molecule has 10 nitrogen and oxygen atoms in total. The highest BCUT2D eigenvalue weighted by Gasteiger charge is 2.25. The van der Waals surface area contributed by atoms with Crippen LogP contribution in [0.4, 0.5) is 11.8 Å². The van der Waals surface area contributed by atoms with E-state index in [0.717, 1.165) is 60.7 Å². The Morgan fingerprint density at radius 3 is 2.78 bits per heavy atom. The van der Waals surface area contributed by atoms with E-state index in [9.17, 15) is 4.79 Å². The predicted molar refractivity (Wildman–Crippen MR) is 123 cm³/mol. The summed E-state index contributed by atoms with van der Waals surface area (Å²) in [5.41, 5.74) is 7.31. The lowest BCUT2D eigenvalue weighted by Crippen LogP contribution is -2.36. The minimum Gasteiger partial charge on any atom is -0.378 e. The molecule has 2 fully saturated rings. The number of fused-ring (bicyclic) bond motifs is 1. The van der Waals surface area contributed by atoms with Crippen LogP contribution in [0.1, 0.15) is 18.2 Å². The molecule has 0 aliphatic carbocycles. The summed E-state index contributed by atoms with van der Waals surface area (Å²) < 4.78 is 6.62. The monoisotopic (exact) mass is 454 g/mol. The molecule has 0 saturated carbocycles. The fraction of sp³-hybridized carbons (Fsp3) is 0.476. The van der Waals surface area contributed by atoms with E-state index in [2.05, 4.69) is 31.2 Å². The number of hydrogen-bond acceptors (Lipinski definition) is 10. The minimum absolute atomic E-state index is 0.0308. The number of nitrogens with one attached hydrogen (secondary N) is 1. The fourth-order valence-electron chi connectivity index (χ4n) is 4.22. The van der Waals surface area contributed by atoms with Gasteiger partial charge >= 0.3 is 0 Å². The molecule has 0 radical (unpaired) electrons. The van der Waals surface area contributed by atoms with Crippen molar-refractivity contribution >= 4 is 39.2 Å². The lowest BCUT2D eigenvalue weighted by atomic mass is 10.2. The van der Waals surface area contributed by atoms with E-state index in [-0.39, 0.29) is 17.9 Å². The Morgan fingerprint density at radius 2 is 2.03 bits per heavy atom. The second kappa shape index (κ2) is 8.93. The first-order valence-electron chi connectivity index (χ1n) is 10.8. The molecule has 3 N–H and O–H groups in total. The predicted octanol–water partition coefficient (Wildman–Crippen LogP) is 1.28. The number of carbonyl (C=O) groups excluding carboxylic acids is 1. The van der Waals surface area contributed by atoms with Crippen LogP contribution in [-0.4, -0.2) is 76.2 Å². The smallest absolute Gasteiger partial charge is 0.219 e. The number of carbonyl (C=O) groups is 1. The molecule has 1 atom stereocenters. The standard InChI is InChI=1S/C21H26N8O2S/c1-13(30)25-15-2-3-28(11-15)12-16-8-17-18(32-16)20(29-4-6-31-7-5-29)27-19(26-17)14-9-23-21(22)24-10-14/h8-10,15H,2-7,11-12H2,1H3,(H,25,30)(H2,22,23,24)/t15-/m0/s1. The van der Waals surface area contributed by atoms with Gasteiger partial charge in [-0.15, -0.1) is 11.3 Å². The molecule has 0 unspecified atom stereocenters. The number of nitrogens with zero attached hydrogens (tertiary/aromatic N) is 6. The Hall–Kier alpha value is -2.89. The van der Waals surface area contributed by atoms with Crippen molar-refractivity contribution in [2.24, 2.45) is 0 Å². The maximum Gasteiger partial charge on any atom is 0.219 e.